The van der Waals surface area contributed by atoms with Crippen molar-refractivity contribution in [2.45, 2.75) is 5.97 Å². The summed E-state index contributed by atoms with van der Waals surface area (Å²) in [4.78, 5) is 24.6. The van der Waals surface area contributed by atoms with E-state index in [2.05, 4.69) is 46.8 Å². The number of aromatic hydroxyl groups is 4. The molecule has 0 aliphatic rings. The number of phenols is 3. The maximum Gasteiger partial charge on any atom is 0.360 e. The molecule has 0 aliphatic heterocycles. The molecule has 0 amide bonds. The van der Waals surface area contributed by atoms with E-state index in [9.17, 15) is 35.4 Å². The van der Waals surface area contributed by atoms with Crippen LogP contribution < -0.4 is 26.5 Å². The Labute approximate surface area is 199 Å². The molecule has 17 heteroatoms. The molecule has 0 spiro atoms. The zero-order chi connectivity index (χ0) is 24.7. The van der Waals surface area contributed by atoms with E-state index in [1.165, 1.54) is 0 Å². The van der Waals surface area contributed by atoms with Crippen LogP contribution in [0.4, 0.5) is 11.5 Å². The molecule has 0 saturated carbocycles. The van der Waals surface area contributed by atoms with Crippen molar-refractivity contribution in [1.82, 2.24) is 19.9 Å². The first-order chi connectivity index (χ1) is 15.3. The predicted octanol–water partition coefficient (Wildman–Crippen LogP) is -0.165. The Bertz CT molecular complexity index is 1270. The topological polar surface area (TPSA) is 263 Å². The van der Waals surface area contributed by atoms with Gasteiger partial charge < -0.3 is 51.6 Å². The third kappa shape index (κ3) is 4.65. The number of benzene rings is 1. The lowest BCUT2D eigenvalue weighted by Gasteiger charge is -2.22. The van der Waals surface area contributed by atoms with Crippen LogP contribution in [0.2, 0.25) is 0 Å². The van der Waals surface area contributed by atoms with E-state index in [-0.39, 0.29) is 20.3 Å². The highest BCUT2D eigenvalue weighted by Crippen LogP contribution is 2.53. The molecular formula is C16H14Br2N6O9. The summed E-state index contributed by atoms with van der Waals surface area (Å²) in [5.74, 6) is -6.94. The van der Waals surface area contributed by atoms with Gasteiger partial charge >= 0.3 is 12.0 Å². The number of anilines is 2. The lowest BCUT2D eigenvalue weighted by atomic mass is 10.0. The summed E-state index contributed by atoms with van der Waals surface area (Å²) >= 11 is 5.62. The average molecular weight is 594 g/mol. The fourth-order valence-corrected chi connectivity index (χ4v) is 3.09. The average Bonchev–Trinajstić information content (AvgIpc) is 2.74. The number of hydrogen-bond donors (Lipinski definition) is 9. The number of nitrogen functional groups attached to an aromatic ring is 2. The second-order valence-corrected chi connectivity index (χ2v) is 7.82. The zero-order valence-corrected chi connectivity index (χ0v) is 19.1. The second kappa shape index (κ2) is 8.77. The summed E-state index contributed by atoms with van der Waals surface area (Å²) in [7, 11) is 0. The van der Waals surface area contributed by atoms with E-state index in [0.717, 1.165) is 6.33 Å². The number of phenolic OH excluding ortho intramolecular Hbond substituents is 3. The number of hydrogen-bond acceptors (Lipinski definition) is 14. The monoisotopic (exact) mass is 592 g/mol. The lowest BCUT2D eigenvalue weighted by molar-refractivity contribution is -0.307. The first kappa shape index (κ1) is 24.1. The molecule has 0 unspecified atom stereocenters. The molecule has 33 heavy (non-hydrogen) atoms. The Morgan fingerprint density at radius 3 is 2.30 bits per heavy atom. The number of rotatable bonds is 6. The molecule has 0 radical (unpaired) electrons. The van der Waals surface area contributed by atoms with Crippen LogP contribution in [-0.4, -0.2) is 63.2 Å². The van der Waals surface area contributed by atoms with Crippen LogP contribution in [-0.2, 0) is 0 Å². The Kier molecular flexibility index (Phi) is 6.41. The van der Waals surface area contributed by atoms with Gasteiger partial charge in [-0.15, -0.1) is 0 Å². The number of aromatic amines is 1. The molecule has 2 heterocycles. The molecule has 3 rings (SSSR count). The summed E-state index contributed by atoms with van der Waals surface area (Å²) in [6.07, 6.45) is 0.934. The van der Waals surface area contributed by atoms with Crippen molar-refractivity contribution < 1.29 is 40.1 Å². The summed E-state index contributed by atoms with van der Waals surface area (Å²) in [6.45, 7) is -1.09. The Hall–Kier alpha value is -3.54. The molecule has 0 atom stereocenters. The Morgan fingerprint density at radius 1 is 1.00 bits per heavy atom. The SMILES string of the molecule is Nc1ncnc(OCC(O)(O)Oc2nc(O)c(Br)c(=O)[nH]2)c1-c1c(N)c(O)c(Br)c(O)c1O. The van der Waals surface area contributed by atoms with Crippen molar-refractivity contribution in [1.29, 1.82) is 0 Å². The van der Waals surface area contributed by atoms with E-state index >= 15 is 0 Å². The molecule has 15 nitrogen and oxygen atoms in total. The first-order valence-electron chi connectivity index (χ1n) is 8.42. The molecule has 0 saturated heterocycles. The molecule has 0 aliphatic carbocycles. The summed E-state index contributed by atoms with van der Waals surface area (Å²) in [5, 5.41) is 60.1. The van der Waals surface area contributed by atoms with Crippen molar-refractivity contribution in [3.05, 3.63) is 25.6 Å². The Balaban J connectivity index is 1.96. The van der Waals surface area contributed by atoms with Gasteiger partial charge in [0.15, 0.2) is 23.9 Å². The maximum absolute atomic E-state index is 11.6. The second-order valence-electron chi connectivity index (χ2n) is 6.23. The molecule has 0 fully saturated rings. The van der Waals surface area contributed by atoms with E-state index in [1.807, 2.05) is 4.98 Å². The van der Waals surface area contributed by atoms with E-state index in [4.69, 9.17) is 20.9 Å². The highest BCUT2D eigenvalue weighted by Gasteiger charge is 2.32. The largest absolute Gasteiger partial charge is 0.505 e. The third-order valence-electron chi connectivity index (χ3n) is 3.97. The van der Waals surface area contributed by atoms with Gasteiger partial charge in [0.25, 0.3) is 5.56 Å². The van der Waals surface area contributed by atoms with Gasteiger partial charge in [-0.2, -0.15) is 4.98 Å². The number of nitrogens with two attached hydrogens (primary N) is 2. The van der Waals surface area contributed by atoms with Crippen molar-refractivity contribution in [3.63, 3.8) is 0 Å². The van der Waals surface area contributed by atoms with Crippen molar-refractivity contribution in [2.24, 2.45) is 0 Å². The highest BCUT2D eigenvalue weighted by molar-refractivity contribution is 9.11. The van der Waals surface area contributed by atoms with Crippen molar-refractivity contribution >= 4 is 43.4 Å². The molecule has 176 valence electrons. The van der Waals surface area contributed by atoms with Crippen LogP contribution in [0, 0.1) is 0 Å². The number of aromatic nitrogens is 4. The fourth-order valence-electron chi connectivity index (χ4n) is 2.50. The normalized spacial score (nSPS) is 11.4. The van der Waals surface area contributed by atoms with Crippen LogP contribution in [0.5, 0.6) is 35.0 Å². The van der Waals surface area contributed by atoms with Gasteiger partial charge in [-0.1, -0.05) is 0 Å². The van der Waals surface area contributed by atoms with Gasteiger partial charge in [0.1, 0.15) is 21.1 Å². The van der Waals surface area contributed by atoms with Crippen molar-refractivity contribution in [3.8, 4) is 46.1 Å². The molecule has 2 aromatic heterocycles. The van der Waals surface area contributed by atoms with Gasteiger partial charge in [-0.05, 0) is 31.9 Å². The van der Waals surface area contributed by atoms with Crippen LogP contribution in [0.15, 0.2) is 20.1 Å². The highest BCUT2D eigenvalue weighted by atomic mass is 79.9. The molecule has 3 aromatic rings. The summed E-state index contributed by atoms with van der Waals surface area (Å²) in [6, 6.07) is -0.763. The van der Waals surface area contributed by atoms with Crippen molar-refractivity contribution in [2.75, 3.05) is 18.1 Å². The standard InChI is InChI=1S/C16H14Br2N6O9/c17-5-9(26)7(19)3(8(25)10(5)27)4-11(20)21-2-22-14(4)32-1-16(30,31)33-15-23-12(28)6(18)13(29)24-15/h2,25-27,30-31H,1,19H2,(H2,20,21,22)(H2,23,24,28,29). The number of ether oxygens (including phenoxy) is 2. The van der Waals surface area contributed by atoms with Gasteiger partial charge in [0.2, 0.25) is 11.8 Å². The Morgan fingerprint density at radius 2 is 1.67 bits per heavy atom. The predicted molar refractivity (Wildman–Crippen MR) is 117 cm³/mol. The number of aliphatic hydroxyl groups is 2. The van der Waals surface area contributed by atoms with E-state index < -0.39 is 64.4 Å². The lowest BCUT2D eigenvalue weighted by Crippen LogP contribution is -2.42. The number of nitrogens with zero attached hydrogens (tertiary/aromatic N) is 3. The van der Waals surface area contributed by atoms with Gasteiger partial charge in [0.05, 0.1) is 16.8 Å². The number of nitrogens with one attached hydrogen (secondary N) is 1. The minimum atomic E-state index is -3.13. The first-order valence-corrected chi connectivity index (χ1v) is 10.0. The van der Waals surface area contributed by atoms with Gasteiger partial charge in [-0.3, -0.25) is 9.78 Å². The molecule has 11 N–H and O–H groups in total. The van der Waals surface area contributed by atoms with Gasteiger partial charge in [-0.25, -0.2) is 9.97 Å². The minimum absolute atomic E-state index is 0.295. The summed E-state index contributed by atoms with van der Waals surface area (Å²) in [5.41, 5.74) is 9.63. The third-order valence-corrected chi connectivity index (χ3v) is 5.44. The van der Waals surface area contributed by atoms with Gasteiger partial charge in [0, 0.05) is 0 Å². The van der Waals surface area contributed by atoms with E-state index in [1.54, 1.807) is 0 Å². The van der Waals surface area contributed by atoms with E-state index in [0.29, 0.717) is 0 Å². The zero-order valence-electron chi connectivity index (χ0n) is 15.9. The van der Waals surface area contributed by atoms with Crippen LogP contribution in [0.25, 0.3) is 11.1 Å². The maximum atomic E-state index is 11.6. The summed E-state index contributed by atoms with van der Waals surface area (Å²) < 4.78 is 9.34. The number of halogens is 2. The quantitative estimate of drug-likeness (QED) is 0.0777. The molecule has 0 bridgehead atoms. The minimum Gasteiger partial charge on any atom is -0.505 e. The van der Waals surface area contributed by atoms with Crippen LogP contribution in [0.3, 0.4) is 0 Å². The van der Waals surface area contributed by atoms with Crippen LogP contribution >= 0.6 is 31.9 Å². The molecule has 1 aromatic carbocycles. The fraction of sp³-hybridized carbons (Fsp3) is 0.125. The molecular weight excluding hydrogens is 580 g/mol. The number of H-pyrrole nitrogens is 1. The van der Waals surface area contributed by atoms with Crippen LogP contribution in [0.1, 0.15) is 0 Å². The smallest absolute Gasteiger partial charge is 0.360 e.